The number of nitrogens with one attached hydrogen (secondary N) is 1. The van der Waals surface area contributed by atoms with E-state index in [1.54, 1.807) is 17.0 Å². The van der Waals surface area contributed by atoms with Gasteiger partial charge in [-0.15, -0.1) is 0 Å². The van der Waals surface area contributed by atoms with Crippen LogP contribution in [0.25, 0.3) is 0 Å². The maximum atomic E-state index is 11.7. The van der Waals surface area contributed by atoms with Crippen molar-refractivity contribution in [3.8, 4) is 0 Å². The summed E-state index contributed by atoms with van der Waals surface area (Å²) in [6, 6.07) is 6.29. The van der Waals surface area contributed by atoms with E-state index in [4.69, 9.17) is 5.14 Å². The highest BCUT2D eigenvalue weighted by Gasteiger charge is 2.29. The Morgan fingerprint density at radius 3 is 2.33 bits per heavy atom. The maximum Gasteiger partial charge on any atom is 0.238 e. The Kier molecular flexibility index (Phi) is 5.95. The summed E-state index contributed by atoms with van der Waals surface area (Å²) in [5.41, 5.74) is 0.913. The molecule has 0 atom stereocenters. The fourth-order valence-corrected chi connectivity index (χ4v) is 2.86. The number of hydrogen-bond acceptors (Lipinski definition) is 4. The van der Waals surface area contributed by atoms with Crippen LogP contribution in [0.4, 0.5) is 0 Å². The first-order valence-corrected chi connectivity index (χ1v) is 9.47. The minimum Gasteiger partial charge on any atom is -0.354 e. The van der Waals surface area contributed by atoms with Gasteiger partial charge in [0.2, 0.25) is 21.8 Å². The first-order valence-electron chi connectivity index (χ1n) is 7.92. The highest BCUT2D eigenvalue weighted by Crippen LogP contribution is 2.28. The molecule has 0 aromatic heterocycles. The topological polar surface area (TPSA) is 110 Å². The molecule has 1 saturated carbocycles. The van der Waals surface area contributed by atoms with Gasteiger partial charge in [-0.3, -0.25) is 9.59 Å². The van der Waals surface area contributed by atoms with Gasteiger partial charge in [0, 0.05) is 32.5 Å². The lowest BCUT2D eigenvalue weighted by molar-refractivity contribution is -0.129. The molecule has 0 radical (unpaired) electrons. The Hall–Kier alpha value is -1.93. The second-order valence-electron chi connectivity index (χ2n) is 6.01. The number of hydrogen-bond donors (Lipinski definition) is 2. The van der Waals surface area contributed by atoms with Gasteiger partial charge in [0.1, 0.15) is 0 Å². The molecule has 8 heteroatoms. The highest BCUT2D eigenvalue weighted by atomic mass is 32.2. The summed E-state index contributed by atoms with van der Waals surface area (Å²) in [5, 5.41) is 7.90. The van der Waals surface area contributed by atoms with Gasteiger partial charge >= 0.3 is 0 Å². The number of nitrogens with two attached hydrogens (primary N) is 1. The normalized spacial score (nSPS) is 14.2. The van der Waals surface area contributed by atoms with E-state index >= 15 is 0 Å². The number of primary sulfonamides is 1. The SMILES string of the molecule is CC(=O)N(CCNC(=O)C1CC1)CCc1ccc(S(N)(=O)=O)cc1. The molecule has 0 aliphatic heterocycles. The van der Waals surface area contributed by atoms with Gasteiger partial charge in [-0.05, 0) is 37.0 Å². The standard InChI is InChI=1S/C16H23N3O4S/c1-12(20)19(11-9-18-16(21)14-4-5-14)10-8-13-2-6-15(7-3-13)24(17,22)23/h2-3,6-7,14H,4-5,8-11H2,1H3,(H,18,21)(H2,17,22,23). The number of benzene rings is 1. The van der Waals surface area contributed by atoms with Crippen LogP contribution in [0.15, 0.2) is 29.2 Å². The molecular formula is C16H23N3O4S. The van der Waals surface area contributed by atoms with Crippen LogP contribution in [0.3, 0.4) is 0 Å². The molecular weight excluding hydrogens is 330 g/mol. The molecule has 2 rings (SSSR count). The van der Waals surface area contributed by atoms with Crippen LogP contribution in [0, 0.1) is 5.92 Å². The highest BCUT2D eigenvalue weighted by molar-refractivity contribution is 7.89. The number of carbonyl (C=O) groups excluding carboxylic acids is 2. The van der Waals surface area contributed by atoms with Gasteiger partial charge < -0.3 is 10.2 Å². The van der Waals surface area contributed by atoms with Crippen molar-refractivity contribution in [1.29, 1.82) is 0 Å². The largest absolute Gasteiger partial charge is 0.354 e. The van der Waals surface area contributed by atoms with Gasteiger partial charge in [0.25, 0.3) is 0 Å². The fourth-order valence-electron chi connectivity index (χ4n) is 2.34. The summed E-state index contributed by atoms with van der Waals surface area (Å²) in [6.45, 7) is 2.90. The van der Waals surface area contributed by atoms with Crippen molar-refractivity contribution in [2.75, 3.05) is 19.6 Å². The molecule has 7 nitrogen and oxygen atoms in total. The van der Waals surface area contributed by atoms with Crippen molar-refractivity contribution in [2.24, 2.45) is 11.1 Å². The lowest BCUT2D eigenvalue weighted by Crippen LogP contribution is -2.39. The maximum absolute atomic E-state index is 11.7. The van der Waals surface area contributed by atoms with Crippen LogP contribution in [-0.4, -0.2) is 44.8 Å². The lowest BCUT2D eigenvalue weighted by Gasteiger charge is -2.21. The second-order valence-corrected chi connectivity index (χ2v) is 7.57. The number of rotatable bonds is 8. The third kappa shape index (κ3) is 5.61. The van der Waals surface area contributed by atoms with Crippen molar-refractivity contribution >= 4 is 21.8 Å². The van der Waals surface area contributed by atoms with E-state index in [-0.39, 0.29) is 22.6 Å². The molecule has 3 N–H and O–H groups in total. The van der Waals surface area contributed by atoms with Crippen molar-refractivity contribution in [1.82, 2.24) is 10.2 Å². The van der Waals surface area contributed by atoms with Crippen molar-refractivity contribution < 1.29 is 18.0 Å². The van der Waals surface area contributed by atoms with E-state index in [1.165, 1.54) is 19.1 Å². The Balaban J connectivity index is 1.82. The Morgan fingerprint density at radius 1 is 1.21 bits per heavy atom. The van der Waals surface area contributed by atoms with Gasteiger partial charge in [-0.25, -0.2) is 13.6 Å². The molecule has 2 amide bonds. The van der Waals surface area contributed by atoms with Gasteiger partial charge in [0.05, 0.1) is 4.90 Å². The van der Waals surface area contributed by atoms with E-state index in [0.717, 1.165) is 18.4 Å². The smallest absolute Gasteiger partial charge is 0.238 e. The molecule has 1 aliphatic carbocycles. The Labute approximate surface area is 142 Å². The zero-order chi connectivity index (χ0) is 17.7. The predicted molar refractivity (Wildman–Crippen MR) is 89.5 cm³/mol. The molecule has 1 aliphatic rings. The molecule has 132 valence electrons. The summed E-state index contributed by atoms with van der Waals surface area (Å²) in [4.78, 5) is 25.0. The van der Waals surface area contributed by atoms with E-state index in [9.17, 15) is 18.0 Å². The zero-order valence-electron chi connectivity index (χ0n) is 13.7. The number of nitrogens with zero attached hydrogens (tertiary/aromatic N) is 1. The minimum atomic E-state index is -3.69. The molecule has 1 fully saturated rings. The van der Waals surface area contributed by atoms with E-state index < -0.39 is 10.0 Å². The Bertz CT molecular complexity index is 697. The van der Waals surface area contributed by atoms with E-state index in [2.05, 4.69) is 5.32 Å². The molecule has 1 aromatic carbocycles. The van der Waals surface area contributed by atoms with Crippen LogP contribution in [0.5, 0.6) is 0 Å². The summed E-state index contributed by atoms with van der Waals surface area (Å²) < 4.78 is 22.4. The fraction of sp³-hybridized carbons (Fsp3) is 0.500. The molecule has 0 heterocycles. The number of sulfonamides is 1. The first-order chi connectivity index (χ1) is 11.3. The second kappa shape index (κ2) is 7.76. The van der Waals surface area contributed by atoms with Gasteiger partial charge in [-0.2, -0.15) is 0 Å². The molecule has 0 saturated heterocycles. The summed E-state index contributed by atoms with van der Waals surface area (Å²) in [6.07, 6.45) is 2.51. The van der Waals surface area contributed by atoms with Crippen molar-refractivity contribution in [3.05, 3.63) is 29.8 Å². The van der Waals surface area contributed by atoms with Crippen LogP contribution >= 0.6 is 0 Å². The summed E-state index contributed by atoms with van der Waals surface area (Å²) >= 11 is 0. The van der Waals surface area contributed by atoms with Crippen molar-refractivity contribution in [3.63, 3.8) is 0 Å². The van der Waals surface area contributed by atoms with Crippen LogP contribution in [0.2, 0.25) is 0 Å². The zero-order valence-corrected chi connectivity index (χ0v) is 14.5. The molecule has 1 aromatic rings. The molecule has 0 spiro atoms. The monoisotopic (exact) mass is 353 g/mol. The van der Waals surface area contributed by atoms with Crippen LogP contribution in [-0.2, 0) is 26.0 Å². The third-order valence-electron chi connectivity index (χ3n) is 4.00. The van der Waals surface area contributed by atoms with Crippen LogP contribution in [0.1, 0.15) is 25.3 Å². The average Bonchev–Trinajstić information content (AvgIpc) is 3.34. The molecule has 24 heavy (non-hydrogen) atoms. The Morgan fingerprint density at radius 2 is 1.83 bits per heavy atom. The summed E-state index contributed by atoms with van der Waals surface area (Å²) in [7, 11) is -3.69. The van der Waals surface area contributed by atoms with Crippen LogP contribution < -0.4 is 10.5 Å². The first kappa shape index (κ1) is 18.4. The average molecular weight is 353 g/mol. The van der Waals surface area contributed by atoms with E-state index in [0.29, 0.717) is 26.1 Å². The number of carbonyl (C=O) groups is 2. The van der Waals surface area contributed by atoms with Crippen molar-refractivity contribution in [2.45, 2.75) is 31.1 Å². The van der Waals surface area contributed by atoms with Gasteiger partial charge in [0.15, 0.2) is 0 Å². The molecule has 0 unspecified atom stereocenters. The minimum absolute atomic E-state index is 0.0585. The van der Waals surface area contributed by atoms with Gasteiger partial charge in [-0.1, -0.05) is 12.1 Å². The lowest BCUT2D eigenvalue weighted by atomic mass is 10.1. The predicted octanol–water partition coefficient (Wildman–Crippen LogP) is 0.251. The van der Waals surface area contributed by atoms with E-state index in [1.807, 2.05) is 0 Å². The third-order valence-corrected chi connectivity index (χ3v) is 4.93. The number of amides is 2. The molecule has 0 bridgehead atoms. The quantitative estimate of drug-likeness (QED) is 0.698. The summed E-state index contributed by atoms with van der Waals surface area (Å²) in [5.74, 6) is 0.169.